The molecule has 9 rings (SSSR count). The molecule has 6 aromatic carbocycles. The van der Waals surface area contributed by atoms with Crippen molar-refractivity contribution in [2.75, 3.05) is 0 Å². The van der Waals surface area contributed by atoms with Gasteiger partial charge in [-0.3, -0.25) is 9.59 Å². The Bertz CT molecular complexity index is 3260. The van der Waals surface area contributed by atoms with Crippen LogP contribution < -0.4 is 10.9 Å². The number of benzene rings is 6. The van der Waals surface area contributed by atoms with Gasteiger partial charge in [0.15, 0.2) is 10.9 Å². The number of pyridine rings is 2. The number of rotatable bonds is 2. The third kappa shape index (κ3) is 6.02. The molecule has 5 heteroatoms. The zero-order chi connectivity index (χ0) is 43.0. The van der Waals surface area contributed by atoms with Crippen LogP contribution in [0.2, 0.25) is 0 Å². The fourth-order valence-corrected chi connectivity index (χ4v) is 9.04. The van der Waals surface area contributed by atoms with Crippen molar-refractivity contribution in [3.63, 3.8) is 0 Å². The SMILES string of the molecule is CC(C)(C)c1ccc2c(c1)c(=O)c1cc(-c3ccc(C#N)cc3-n3c4ccc(C(C)(C)C)cc4c4cc(C(C)(C)C)ccc43)cc3c(=O)c4cc(C(C)(C)C)ccc4n2c13. The average Bonchev–Trinajstić information content (AvgIpc) is 3.51. The van der Waals surface area contributed by atoms with Gasteiger partial charge in [0.25, 0.3) is 0 Å². The molecular formula is C55H53N3O2. The van der Waals surface area contributed by atoms with Gasteiger partial charge >= 0.3 is 0 Å². The first kappa shape index (κ1) is 39.2. The summed E-state index contributed by atoms with van der Waals surface area (Å²) in [6.45, 7) is 26.4. The Balaban J connectivity index is 1.44. The van der Waals surface area contributed by atoms with Gasteiger partial charge in [-0.15, -0.1) is 0 Å². The minimum Gasteiger partial charge on any atom is -0.309 e. The molecule has 0 radical (unpaired) electrons. The van der Waals surface area contributed by atoms with Crippen LogP contribution in [0.5, 0.6) is 0 Å². The molecule has 0 aliphatic carbocycles. The second-order valence-corrected chi connectivity index (χ2v) is 21.0. The van der Waals surface area contributed by atoms with Gasteiger partial charge in [-0.2, -0.15) is 5.26 Å². The van der Waals surface area contributed by atoms with Crippen molar-refractivity contribution in [2.24, 2.45) is 0 Å². The van der Waals surface area contributed by atoms with Crippen LogP contribution in [0.1, 0.15) is 111 Å². The molecule has 0 bridgehead atoms. The molecular weight excluding hydrogens is 735 g/mol. The summed E-state index contributed by atoms with van der Waals surface area (Å²) in [7, 11) is 0. The van der Waals surface area contributed by atoms with Crippen molar-refractivity contribution in [3.05, 3.63) is 151 Å². The second kappa shape index (κ2) is 12.9. The van der Waals surface area contributed by atoms with Crippen LogP contribution in [-0.4, -0.2) is 8.97 Å². The van der Waals surface area contributed by atoms with Gasteiger partial charge in [0, 0.05) is 37.9 Å². The Kier molecular flexibility index (Phi) is 8.42. The highest BCUT2D eigenvalue weighted by atomic mass is 16.1. The molecule has 3 heterocycles. The van der Waals surface area contributed by atoms with Gasteiger partial charge in [-0.1, -0.05) is 113 Å². The highest BCUT2D eigenvalue weighted by Gasteiger charge is 2.26. The zero-order valence-corrected chi connectivity index (χ0v) is 37.0. The van der Waals surface area contributed by atoms with Gasteiger partial charge in [-0.05, 0) is 122 Å². The molecule has 60 heavy (non-hydrogen) atoms. The monoisotopic (exact) mass is 787 g/mol. The molecule has 0 aliphatic heterocycles. The second-order valence-electron chi connectivity index (χ2n) is 21.0. The van der Waals surface area contributed by atoms with E-state index in [2.05, 4.69) is 147 Å². The normalized spacial score (nSPS) is 13.1. The fraction of sp³-hybridized carbons (Fsp3) is 0.291. The Labute approximate surface area is 351 Å². The van der Waals surface area contributed by atoms with Crippen molar-refractivity contribution >= 4 is 59.9 Å². The lowest BCUT2D eigenvalue weighted by Gasteiger charge is -2.22. The molecule has 9 aromatic rings. The van der Waals surface area contributed by atoms with E-state index in [0.717, 1.165) is 60.8 Å². The standard InChI is InChI=1S/C55H53N3O2/c1-52(2,3)33-14-19-44-38(26-33)39-27-34(53(4,5)6)15-20-45(39)57(44)48-23-31(30-56)13-18-37(48)32-24-42-49-43(25-32)51(60)41-29-36(55(10,11)12)17-22-47(41)58(49)46-21-16-35(54(7,8)9)28-40(46)50(42)59/h13-29H,1-12H3. The van der Waals surface area contributed by atoms with Crippen molar-refractivity contribution in [3.8, 4) is 22.9 Å². The van der Waals surface area contributed by atoms with Gasteiger partial charge < -0.3 is 8.97 Å². The van der Waals surface area contributed by atoms with Crippen LogP contribution in [-0.2, 0) is 21.7 Å². The molecule has 0 unspecified atom stereocenters. The third-order valence-electron chi connectivity index (χ3n) is 12.7. The Morgan fingerprint density at radius 1 is 0.433 bits per heavy atom. The minimum atomic E-state index is -0.180. The summed E-state index contributed by atoms with van der Waals surface area (Å²) in [5.74, 6) is 0. The Hall–Kier alpha value is -6.25. The van der Waals surface area contributed by atoms with E-state index in [4.69, 9.17) is 0 Å². The van der Waals surface area contributed by atoms with Crippen molar-refractivity contribution in [2.45, 2.75) is 105 Å². The van der Waals surface area contributed by atoms with E-state index >= 15 is 9.59 Å². The number of nitrogens with zero attached hydrogens (tertiary/aromatic N) is 3. The van der Waals surface area contributed by atoms with E-state index in [9.17, 15) is 5.26 Å². The Morgan fingerprint density at radius 3 is 1.20 bits per heavy atom. The van der Waals surface area contributed by atoms with E-state index in [1.165, 1.54) is 11.1 Å². The van der Waals surface area contributed by atoms with Gasteiger partial charge in [0.2, 0.25) is 0 Å². The summed E-state index contributed by atoms with van der Waals surface area (Å²) >= 11 is 0. The molecule has 300 valence electrons. The van der Waals surface area contributed by atoms with Crippen LogP contribution >= 0.6 is 0 Å². The van der Waals surface area contributed by atoms with Gasteiger partial charge in [0.05, 0.1) is 44.9 Å². The molecule has 0 amide bonds. The summed E-state index contributed by atoms with van der Waals surface area (Å²) in [6.07, 6.45) is 0. The molecule has 0 fully saturated rings. The first-order valence-corrected chi connectivity index (χ1v) is 21.1. The predicted octanol–water partition coefficient (Wildman–Crippen LogP) is 13.4. The van der Waals surface area contributed by atoms with Gasteiger partial charge in [-0.25, -0.2) is 0 Å². The molecule has 0 saturated carbocycles. The Morgan fingerprint density at radius 2 is 0.817 bits per heavy atom. The van der Waals surface area contributed by atoms with Crippen molar-refractivity contribution in [1.82, 2.24) is 8.97 Å². The van der Waals surface area contributed by atoms with E-state index in [1.807, 2.05) is 54.6 Å². The summed E-state index contributed by atoms with van der Waals surface area (Å²) < 4.78 is 4.39. The minimum absolute atomic E-state index is 0.0634. The molecule has 0 aliphatic rings. The molecule has 0 saturated heterocycles. The number of hydrogen-bond acceptors (Lipinski definition) is 3. The average molecular weight is 788 g/mol. The quantitative estimate of drug-likeness (QED) is 0.129. The van der Waals surface area contributed by atoms with E-state index < -0.39 is 0 Å². The lowest BCUT2D eigenvalue weighted by atomic mass is 9.85. The summed E-state index contributed by atoms with van der Waals surface area (Å²) in [4.78, 5) is 30.0. The first-order chi connectivity index (χ1) is 28.1. The zero-order valence-electron chi connectivity index (χ0n) is 37.0. The molecule has 5 nitrogen and oxygen atoms in total. The van der Waals surface area contributed by atoms with Crippen LogP contribution in [0.15, 0.2) is 113 Å². The fourth-order valence-electron chi connectivity index (χ4n) is 9.04. The van der Waals surface area contributed by atoms with Crippen LogP contribution in [0.4, 0.5) is 0 Å². The van der Waals surface area contributed by atoms with E-state index in [0.29, 0.717) is 32.6 Å². The van der Waals surface area contributed by atoms with E-state index in [-0.39, 0.29) is 32.5 Å². The lowest BCUT2D eigenvalue weighted by Crippen LogP contribution is -2.17. The smallest absolute Gasteiger partial charge is 0.197 e. The third-order valence-corrected chi connectivity index (χ3v) is 12.7. The van der Waals surface area contributed by atoms with Crippen LogP contribution in [0.3, 0.4) is 0 Å². The van der Waals surface area contributed by atoms with Crippen molar-refractivity contribution < 1.29 is 0 Å². The highest BCUT2D eigenvalue weighted by molar-refractivity contribution is 6.12. The topological polar surface area (TPSA) is 67.3 Å². The summed E-state index contributed by atoms with van der Waals surface area (Å²) in [6, 6.07) is 37.9. The molecule has 3 aromatic heterocycles. The highest BCUT2D eigenvalue weighted by Crippen LogP contribution is 2.42. The van der Waals surface area contributed by atoms with Crippen LogP contribution in [0.25, 0.3) is 76.7 Å². The van der Waals surface area contributed by atoms with E-state index in [1.54, 1.807) is 0 Å². The largest absolute Gasteiger partial charge is 0.309 e. The number of aromatic nitrogens is 2. The van der Waals surface area contributed by atoms with Crippen LogP contribution in [0, 0.1) is 11.3 Å². The maximum atomic E-state index is 15.0. The number of nitriles is 1. The molecule has 0 atom stereocenters. The molecule has 0 spiro atoms. The number of fused-ring (bicyclic) bond motifs is 7. The predicted molar refractivity (Wildman–Crippen MR) is 253 cm³/mol. The van der Waals surface area contributed by atoms with Crippen molar-refractivity contribution in [1.29, 1.82) is 5.26 Å². The van der Waals surface area contributed by atoms with Gasteiger partial charge in [0.1, 0.15) is 0 Å². The summed E-state index contributed by atoms with van der Waals surface area (Å²) in [5, 5.41) is 14.8. The maximum Gasteiger partial charge on any atom is 0.197 e. The maximum absolute atomic E-state index is 15.0. The number of hydrogen-bond donors (Lipinski definition) is 0. The molecule has 0 N–H and O–H groups in total. The first-order valence-electron chi connectivity index (χ1n) is 21.1. The lowest BCUT2D eigenvalue weighted by molar-refractivity contribution is 0.590. The summed E-state index contributed by atoms with van der Waals surface area (Å²) in [5.41, 5.74) is 11.0.